The molecule has 0 fully saturated rings. The highest BCUT2D eigenvalue weighted by Gasteiger charge is 2.14. The maximum absolute atomic E-state index is 6.30. The molecule has 0 saturated heterocycles. The summed E-state index contributed by atoms with van der Waals surface area (Å²) in [5.74, 6) is 0.691. The van der Waals surface area contributed by atoms with Crippen molar-refractivity contribution in [2.45, 2.75) is 0 Å². The van der Waals surface area contributed by atoms with Gasteiger partial charge >= 0.3 is 0 Å². The van der Waals surface area contributed by atoms with E-state index in [2.05, 4.69) is 9.97 Å². The van der Waals surface area contributed by atoms with E-state index in [1.807, 2.05) is 60.5 Å². The summed E-state index contributed by atoms with van der Waals surface area (Å²) in [6, 6.07) is 15.4. The quantitative estimate of drug-likeness (QED) is 0.642. The number of fused-ring (bicyclic) bond motifs is 1. The maximum Gasteiger partial charge on any atom is 0.224 e. The zero-order valence-electron chi connectivity index (χ0n) is 10.7. The summed E-state index contributed by atoms with van der Waals surface area (Å²) in [6.45, 7) is 0. The third-order valence-electron chi connectivity index (χ3n) is 3.09. The first kappa shape index (κ1) is 13.2. The van der Waals surface area contributed by atoms with E-state index in [0.29, 0.717) is 10.8 Å². The number of hydrogen-bond donors (Lipinski definition) is 0. The molecule has 100 valence electrons. The monoisotopic (exact) mass is 303 g/mol. The molecule has 5 heteroatoms. The highest BCUT2D eigenvalue weighted by atomic mass is 35.5. The van der Waals surface area contributed by atoms with Crippen LogP contribution in [0.4, 0.5) is 11.5 Å². The predicted octanol–water partition coefficient (Wildman–Crippen LogP) is 4.70. The summed E-state index contributed by atoms with van der Waals surface area (Å²) in [5, 5.41) is 1.61. The molecule has 1 heterocycles. The van der Waals surface area contributed by atoms with E-state index < -0.39 is 0 Å². The first-order valence-corrected chi connectivity index (χ1v) is 6.83. The molecule has 2 aromatic carbocycles. The molecule has 3 nitrogen and oxygen atoms in total. The zero-order chi connectivity index (χ0) is 14.1. The van der Waals surface area contributed by atoms with Gasteiger partial charge in [0.05, 0.1) is 15.9 Å². The van der Waals surface area contributed by atoms with Gasteiger partial charge in [-0.1, -0.05) is 35.9 Å². The van der Waals surface area contributed by atoms with Gasteiger partial charge in [-0.2, -0.15) is 4.98 Å². The molecule has 0 aliphatic rings. The molecular formula is C15H11Cl2N3. The lowest BCUT2D eigenvalue weighted by atomic mass is 10.2. The van der Waals surface area contributed by atoms with E-state index in [4.69, 9.17) is 23.2 Å². The van der Waals surface area contributed by atoms with Gasteiger partial charge in [-0.15, -0.1) is 0 Å². The summed E-state index contributed by atoms with van der Waals surface area (Å²) in [7, 11) is 1.93. The average molecular weight is 304 g/mol. The van der Waals surface area contributed by atoms with Crippen LogP contribution >= 0.6 is 23.2 Å². The second-order valence-electron chi connectivity index (χ2n) is 4.34. The van der Waals surface area contributed by atoms with Crippen molar-refractivity contribution < 1.29 is 0 Å². The van der Waals surface area contributed by atoms with Crippen molar-refractivity contribution in [2.75, 3.05) is 11.9 Å². The Balaban J connectivity index is 2.25. The Morgan fingerprint density at radius 1 is 0.900 bits per heavy atom. The molecule has 0 unspecified atom stereocenters. The summed E-state index contributed by atoms with van der Waals surface area (Å²) in [5.41, 5.74) is 1.73. The number of anilines is 2. The van der Waals surface area contributed by atoms with E-state index in [-0.39, 0.29) is 5.28 Å². The van der Waals surface area contributed by atoms with Crippen LogP contribution in [0.3, 0.4) is 0 Å². The lowest BCUT2D eigenvalue weighted by Crippen LogP contribution is -2.12. The molecule has 1 aromatic heterocycles. The Hall–Kier alpha value is -1.84. The van der Waals surface area contributed by atoms with Crippen LogP contribution in [-0.4, -0.2) is 17.0 Å². The molecule has 0 aliphatic heterocycles. The Morgan fingerprint density at radius 3 is 2.40 bits per heavy atom. The molecule has 20 heavy (non-hydrogen) atoms. The van der Waals surface area contributed by atoms with Gasteiger partial charge in [0.1, 0.15) is 5.82 Å². The van der Waals surface area contributed by atoms with Crippen LogP contribution in [0.15, 0.2) is 48.5 Å². The van der Waals surface area contributed by atoms with Gasteiger partial charge < -0.3 is 4.90 Å². The second kappa shape index (κ2) is 5.27. The number of aromatic nitrogens is 2. The third kappa shape index (κ3) is 2.30. The summed E-state index contributed by atoms with van der Waals surface area (Å²) in [6.07, 6.45) is 0. The van der Waals surface area contributed by atoms with Crippen LogP contribution in [0, 0.1) is 0 Å². The van der Waals surface area contributed by atoms with Crippen molar-refractivity contribution in [1.29, 1.82) is 0 Å². The Bertz CT molecular complexity index is 760. The lowest BCUT2D eigenvalue weighted by molar-refractivity contribution is 1.11. The minimum Gasteiger partial charge on any atom is -0.329 e. The van der Waals surface area contributed by atoms with Crippen LogP contribution in [0.1, 0.15) is 0 Å². The van der Waals surface area contributed by atoms with E-state index in [1.54, 1.807) is 0 Å². The number of nitrogens with zero attached hydrogens (tertiary/aromatic N) is 3. The normalized spacial score (nSPS) is 10.8. The first-order valence-electron chi connectivity index (χ1n) is 6.07. The highest BCUT2D eigenvalue weighted by Crippen LogP contribution is 2.33. The molecular weight excluding hydrogens is 293 g/mol. The van der Waals surface area contributed by atoms with Crippen LogP contribution in [0.25, 0.3) is 10.9 Å². The number of benzene rings is 2. The lowest BCUT2D eigenvalue weighted by Gasteiger charge is -2.20. The van der Waals surface area contributed by atoms with Gasteiger partial charge in [-0.25, -0.2) is 4.98 Å². The fourth-order valence-electron chi connectivity index (χ4n) is 2.11. The first-order chi connectivity index (χ1) is 9.66. The van der Waals surface area contributed by atoms with Gasteiger partial charge in [0.2, 0.25) is 5.28 Å². The summed E-state index contributed by atoms with van der Waals surface area (Å²) < 4.78 is 0. The Morgan fingerprint density at radius 2 is 1.65 bits per heavy atom. The van der Waals surface area contributed by atoms with E-state index in [9.17, 15) is 0 Å². The third-order valence-corrected chi connectivity index (χ3v) is 3.57. The number of hydrogen-bond acceptors (Lipinski definition) is 3. The fraction of sp³-hybridized carbons (Fsp3) is 0.0667. The maximum atomic E-state index is 6.30. The smallest absolute Gasteiger partial charge is 0.224 e. The molecule has 0 aliphatic carbocycles. The van der Waals surface area contributed by atoms with Gasteiger partial charge in [0.25, 0.3) is 0 Å². The minimum absolute atomic E-state index is 0.206. The van der Waals surface area contributed by atoms with E-state index in [1.165, 1.54) is 0 Å². The van der Waals surface area contributed by atoms with Gasteiger partial charge in [-0.3, -0.25) is 0 Å². The zero-order valence-corrected chi connectivity index (χ0v) is 12.2. The fourth-order valence-corrected chi connectivity index (χ4v) is 2.54. The number of rotatable bonds is 2. The average Bonchev–Trinajstić information content (AvgIpc) is 2.46. The molecule has 0 amide bonds. The Kier molecular flexibility index (Phi) is 3.47. The van der Waals surface area contributed by atoms with Crippen molar-refractivity contribution in [1.82, 2.24) is 9.97 Å². The summed E-state index contributed by atoms with van der Waals surface area (Å²) in [4.78, 5) is 10.5. The molecule has 0 saturated carbocycles. The summed E-state index contributed by atoms with van der Waals surface area (Å²) >= 11 is 12.3. The minimum atomic E-state index is 0.206. The molecule has 0 spiro atoms. The van der Waals surface area contributed by atoms with Gasteiger partial charge in [-0.05, 0) is 35.9 Å². The number of para-hydroxylation sites is 1. The van der Waals surface area contributed by atoms with Crippen LogP contribution in [0.2, 0.25) is 10.3 Å². The Labute approximate surface area is 126 Å². The standard InChI is InChI=1S/C15H11Cl2N3/c1-20(10-6-3-2-4-7-10)14-13-11(16)8-5-9-12(13)18-15(17)19-14/h2-9H,1H3. The van der Waals surface area contributed by atoms with Gasteiger partial charge in [0, 0.05) is 12.7 Å². The molecule has 0 bridgehead atoms. The molecule has 0 atom stereocenters. The van der Waals surface area contributed by atoms with Crippen molar-refractivity contribution in [3.63, 3.8) is 0 Å². The molecule has 0 N–H and O–H groups in total. The van der Waals surface area contributed by atoms with Crippen molar-refractivity contribution in [3.8, 4) is 0 Å². The SMILES string of the molecule is CN(c1ccccc1)c1nc(Cl)nc2cccc(Cl)c12. The number of halogens is 2. The molecule has 3 aromatic rings. The molecule has 0 radical (unpaired) electrons. The van der Waals surface area contributed by atoms with E-state index >= 15 is 0 Å². The van der Waals surface area contributed by atoms with Crippen molar-refractivity contribution in [3.05, 3.63) is 58.8 Å². The predicted molar refractivity (Wildman–Crippen MR) is 84.1 cm³/mol. The van der Waals surface area contributed by atoms with Crippen LogP contribution in [-0.2, 0) is 0 Å². The van der Waals surface area contributed by atoms with Crippen molar-refractivity contribution in [2.24, 2.45) is 0 Å². The van der Waals surface area contributed by atoms with Crippen molar-refractivity contribution >= 4 is 45.6 Å². The van der Waals surface area contributed by atoms with Gasteiger partial charge in [0.15, 0.2) is 0 Å². The second-order valence-corrected chi connectivity index (χ2v) is 5.09. The topological polar surface area (TPSA) is 29.0 Å². The van der Waals surface area contributed by atoms with Crippen LogP contribution in [0.5, 0.6) is 0 Å². The molecule has 3 rings (SSSR count). The van der Waals surface area contributed by atoms with E-state index in [0.717, 1.165) is 16.6 Å². The largest absolute Gasteiger partial charge is 0.329 e. The highest BCUT2D eigenvalue weighted by molar-refractivity contribution is 6.36. The van der Waals surface area contributed by atoms with Crippen LogP contribution < -0.4 is 4.90 Å².